The van der Waals surface area contributed by atoms with E-state index in [4.69, 9.17) is 15.9 Å². The average molecular weight is 257 g/mol. The fourth-order valence-electron chi connectivity index (χ4n) is 0.846. The molecule has 0 spiro atoms. The zero-order chi connectivity index (χ0) is 13.3. The number of carboxylic acid groups (broad SMARTS) is 2. The minimum atomic E-state index is -1.26. The van der Waals surface area contributed by atoms with Crippen molar-refractivity contribution in [2.24, 2.45) is 5.73 Å². The van der Waals surface area contributed by atoms with Crippen LogP contribution in [0.5, 0.6) is 0 Å². The summed E-state index contributed by atoms with van der Waals surface area (Å²) in [5.74, 6) is -2.51. The van der Waals surface area contributed by atoms with E-state index in [-0.39, 0.29) is 6.04 Å². The quantitative estimate of drug-likeness (QED) is 0.715. The summed E-state index contributed by atoms with van der Waals surface area (Å²) in [7, 11) is 0. The molecular weight excluding hydrogens is 242 g/mol. The SMILES string of the molecule is CCC(N)c1cccs1.O=C(O)C=CC(=O)O. The van der Waals surface area contributed by atoms with Crippen molar-refractivity contribution in [1.82, 2.24) is 0 Å². The summed E-state index contributed by atoms with van der Waals surface area (Å²) < 4.78 is 0. The highest BCUT2D eigenvalue weighted by atomic mass is 32.1. The average Bonchev–Trinajstić information content (AvgIpc) is 2.79. The molecule has 1 aromatic heterocycles. The topological polar surface area (TPSA) is 101 Å². The van der Waals surface area contributed by atoms with Crippen molar-refractivity contribution in [3.05, 3.63) is 34.5 Å². The molecule has 0 aliphatic rings. The van der Waals surface area contributed by atoms with E-state index < -0.39 is 11.9 Å². The lowest BCUT2D eigenvalue weighted by molar-refractivity contribution is -0.134. The second kappa shape index (κ2) is 8.49. The fraction of sp³-hybridized carbons (Fsp3) is 0.273. The van der Waals surface area contributed by atoms with Crippen LogP contribution in [-0.2, 0) is 9.59 Å². The van der Waals surface area contributed by atoms with Gasteiger partial charge in [0.25, 0.3) is 0 Å². The highest BCUT2D eigenvalue weighted by Gasteiger charge is 2.01. The molecule has 0 aliphatic carbocycles. The molecule has 0 saturated carbocycles. The van der Waals surface area contributed by atoms with Gasteiger partial charge in [-0.3, -0.25) is 0 Å². The van der Waals surface area contributed by atoms with E-state index in [1.807, 2.05) is 6.07 Å². The molecule has 1 aromatic rings. The van der Waals surface area contributed by atoms with Crippen LogP contribution in [-0.4, -0.2) is 22.2 Å². The molecular formula is C11H15NO4S. The van der Waals surface area contributed by atoms with Crippen LogP contribution in [0.4, 0.5) is 0 Å². The predicted octanol–water partition coefficient (Wildman–Crippen LogP) is 1.87. The maximum Gasteiger partial charge on any atom is 0.328 e. The number of aliphatic carboxylic acids is 2. The standard InChI is InChI=1S/C7H11NS.C4H4O4/c1-2-6(8)7-4-3-5-9-7;5-3(6)1-2-4(7)8/h3-6H,2,8H2,1H3;1-2H,(H,5,6)(H,7,8). The molecule has 1 atom stereocenters. The van der Waals surface area contributed by atoms with Crippen molar-refractivity contribution in [2.75, 3.05) is 0 Å². The number of thiophene rings is 1. The Morgan fingerprint density at radius 3 is 2.24 bits per heavy atom. The summed E-state index contributed by atoms with van der Waals surface area (Å²) in [5, 5.41) is 17.7. The number of carboxylic acids is 2. The Bertz CT molecular complexity index is 357. The van der Waals surface area contributed by atoms with Gasteiger partial charge < -0.3 is 15.9 Å². The van der Waals surface area contributed by atoms with Crippen LogP contribution in [0.3, 0.4) is 0 Å². The second-order valence-corrected chi connectivity index (χ2v) is 4.02. The molecule has 0 fully saturated rings. The van der Waals surface area contributed by atoms with Crippen molar-refractivity contribution in [1.29, 1.82) is 0 Å². The largest absolute Gasteiger partial charge is 0.478 e. The Kier molecular flexibility index (Phi) is 7.66. The van der Waals surface area contributed by atoms with Crippen LogP contribution in [0.2, 0.25) is 0 Å². The van der Waals surface area contributed by atoms with Gasteiger partial charge in [-0.1, -0.05) is 13.0 Å². The molecule has 0 aliphatic heterocycles. The molecule has 5 nitrogen and oxygen atoms in total. The van der Waals surface area contributed by atoms with Crippen molar-refractivity contribution in [2.45, 2.75) is 19.4 Å². The van der Waals surface area contributed by atoms with Gasteiger partial charge in [-0.15, -0.1) is 11.3 Å². The lowest BCUT2D eigenvalue weighted by atomic mass is 10.2. The van der Waals surface area contributed by atoms with E-state index >= 15 is 0 Å². The number of hydrogen-bond acceptors (Lipinski definition) is 4. The van der Waals surface area contributed by atoms with E-state index in [2.05, 4.69) is 18.4 Å². The predicted molar refractivity (Wildman–Crippen MR) is 66.0 cm³/mol. The highest BCUT2D eigenvalue weighted by molar-refractivity contribution is 7.10. The Labute approximate surface area is 103 Å². The molecule has 1 rings (SSSR count). The minimum Gasteiger partial charge on any atom is -0.478 e. The first-order chi connectivity index (χ1) is 7.97. The molecule has 0 amide bonds. The third-order valence-corrected chi connectivity index (χ3v) is 2.72. The summed E-state index contributed by atoms with van der Waals surface area (Å²) >= 11 is 1.73. The van der Waals surface area contributed by atoms with Crippen LogP contribution in [0.15, 0.2) is 29.7 Å². The molecule has 17 heavy (non-hydrogen) atoms. The van der Waals surface area contributed by atoms with Crippen LogP contribution < -0.4 is 5.73 Å². The first-order valence-electron chi connectivity index (χ1n) is 4.90. The van der Waals surface area contributed by atoms with Crippen molar-refractivity contribution in [3.8, 4) is 0 Å². The molecule has 0 bridgehead atoms. The minimum absolute atomic E-state index is 0.255. The zero-order valence-corrected chi connectivity index (χ0v) is 10.2. The summed E-state index contributed by atoms with van der Waals surface area (Å²) in [5.41, 5.74) is 5.75. The van der Waals surface area contributed by atoms with Gasteiger partial charge in [0.15, 0.2) is 0 Å². The molecule has 4 N–H and O–H groups in total. The number of nitrogens with two attached hydrogens (primary N) is 1. The lowest BCUT2D eigenvalue weighted by Crippen LogP contribution is -2.05. The smallest absolute Gasteiger partial charge is 0.328 e. The van der Waals surface area contributed by atoms with Crippen molar-refractivity contribution >= 4 is 23.3 Å². The number of carbonyl (C=O) groups is 2. The van der Waals surface area contributed by atoms with E-state index in [0.717, 1.165) is 6.42 Å². The highest BCUT2D eigenvalue weighted by Crippen LogP contribution is 2.18. The zero-order valence-electron chi connectivity index (χ0n) is 9.37. The first-order valence-corrected chi connectivity index (χ1v) is 5.78. The number of rotatable bonds is 4. The van der Waals surface area contributed by atoms with Crippen LogP contribution in [0.1, 0.15) is 24.3 Å². The summed E-state index contributed by atoms with van der Waals surface area (Å²) in [4.78, 5) is 20.4. The van der Waals surface area contributed by atoms with Gasteiger partial charge in [-0.2, -0.15) is 0 Å². The summed E-state index contributed by atoms with van der Waals surface area (Å²) in [6.07, 6.45) is 2.14. The van der Waals surface area contributed by atoms with E-state index in [9.17, 15) is 9.59 Å². The molecule has 1 heterocycles. The van der Waals surface area contributed by atoms with Crippen LogP contribution >= 0.6 is 11.3 Å². The van der Waals surface area contributed by atoms with Crippen molar-refractivity contribution < 1.29 is 19.8 Å². The summed E-state index contributed by atoms with van der Waals surface area (Å²) in [6.45, 7) is 2.10. The van der Waals surface area contributed by atoms with Crippen LogP contribution in [0, 0.1) is 0 Å². The van der Waals surface area contributed by atoms with Gasteiger partial charge in [-0.25, -0.2) is 9.59 Å². The molecule has 1 unspecified atom stereocenters. The van der Waals surface area contributed by atoms with Gasteiger partial charge in [0.1, 0.15) is 0 Å². The van der Waals surface area contributed by atoms with Gasteiger partial charge >= 0.3 is 11.9 Å². The molecule has 0 aromatic carbocycles. The lowest BCUT2D eigenvalue weighted by Gasteiger charge is -2.02. The van der Waals surface area contributed by atoms with E-state index in [1.54, 1.807) is 11.3 Å². The Balaban J connectivity index is 0.000000304. The molecule has 6 heteroatoms. The third-order valence-electron chi connectivity index (χ3n) is 1.72. The fourth-order valence-corrected chi connectivity index (χ4v) is 1.66. The molecule has 94 valence electrons. The van der Waals surface area contributed by atoms with Crippen LogP contribution in [0.25, 0.3) is 0 Å². The van der Waals surface area contributed by atoms with Crippen molar-refractivity contribution in [3.63, 3.8) is 0 Å². The Morgan fingerprint density at radius 1 is 1.41 bits per heavy atom. The molecule has 0 radical (unpaired) electrons. The first kappa shape index (κ1) is 15.3. The normalized spacial score (nSPS) is 11.6. The van der Waals surface area contributed by atoms with Gasteiger partial charge in [0.2, 0.25) is 0 Å². The van der Waals surface area contributed by atoms with E-state index in [1.165, 1.54) is 4.88 Å². The maximum atomic E-state index is 9.55. The maximum absolute atomic E-state index is 9.55. The van der Waals surface area contributed by atoms with E-state index in [0.29, 0.717) is 12.2 Å². The van der Waals surface area contributed by atoms with Gasteiger partial charge in [-0.05, 0) is 17.9 Å². The third kappa shape index (κ3) is 8.18. The Hall–Kier alpha value is -1.66. The second-order valence-electron chi connectivity index (χ2n) is 3.04. The monoisotopic (exact) mass is 257 g/mol. The summed E-state index contributed by atoms with van der Waals surface area (Å²) in [6, 6.07) is 4.37. The Morgan fingerprint density at radius 2 is 1.94 bits per heavy atom. The molecule has 0 saturated heterocycles. The van der Waals surface area contributed by atoms with Gasteiger partial charge in [0, 0.05) is 23.1 Å². The van der Waals surface area contributed by atoms with Gasteiger partial charge in [0.05, 0.1) is 0 Å². The number of hydrogen-bond donors (Lipinski definition) is 3.